The number of rotatable bonds is 0. The van der Waals surface area contributed by atoms with Crippen molar-refractivity contribution in [1.82, 2.24) is 0 Å². The van der Waals surface area contributed by atoms with Crippen LogP contribution in [0.5, 0.6) is 0 Å². The van der Waals surface area contributed by atoms with Gasteiger partial charge in [-0.1, -0.05) is 0 Å². The lowest BCUT2D eigenvalue weighted by Gasteiger charge is -2.29. The molecule has 0 radical (unpaired) electrons. The molecule has 0 spiro atoms. The van der Waals surface area contributed by atoms with Gasteiger partial charge in [0, 0.05) is 0 Å². The van der Waals surface area contributed by atoms with Gasteiger partial charge in [-0.15, -0.1) is 0 Å². The summed E-state index contributed by atoms with van der Waals surface area (Å²) in [4.78, 5) is 18.8. The van der Waals surface area contributed by atoms with E-state index in [9.17, 15) is 0 Å². The van der Waals surface area contributed by atoms with Gasteiger partial charge in [0.2, 0.25) is 12.1 Å². The Morgan fingerprint density at radius 3 is 1.89 bits per heavy atom. The van der Waals surface area contributed by atoms with Crippen LogP contribution in [-0.2, 0) is 19.6 Å². The molecule has 0 aromatic rings. The molecule has 9 heavy (non-hydrogen) atoms. The SMILES string of the molecule is CC1OOC(C)(C)OO1. The van der Waals surface area contributed by atoms with E-state index in [1.807, 2.05) is 0 Å². The van der Waals surface area contributed by atoms with Crippen molar-refractivity contribution < 1.29 is 19.6 Å². The lowest BCUT2D eigenvalue weighted by atomic mass is 10.4. The molecule has 4 nitrogen and oxygen atoms in total. The summed E-state index contributed by atoms with van der Waals surface area (Å²) in [6, 6.07) is 0. The molecule has 1 saturated heterocycles. The minimum atomic E-state index is -0.785. The first-order valence-electron chi connectivity index (χ1n) is 2.79. The highest BCUT2D eigenvalue weighted by Crippen LogP contribution is 2.19. The minimum Gasteiger partial charge on any atom is -0.199 e. The Morgan fingerprint density at radius 1 is 1.11 bits per heavy atom. The van der Waals surface area contributed by atoms with Gasteiger partial charge in [-0.05, 0) is 20.8 Å². The van der Waals surface area contributed by atoms with E-state index in [0.29, 0.717) is 0 Å². The zero-order valence-corrected chi connectivity index (χ0v) is 5.71. The van der Waals surface area contributed by atoms with Crippen molar-refractivity contribution in [1.29, 1.82) is 0 Å². The third-order valence-electron chi connectivity index (χ3n) is 0.769. The van der Waals surface area contributed by atoms with Crippen LogP contribution in [0.15, 0.2) is 0 Å². The van der Waals surface area contributed by atoms with Crippen molar-refractivity contribution in [3.8, 4) is 0 Å². The molecule has 1 aliphatic rings. The summed E-state index contributed by atoms with van der Waals surface area (Å²) < 4.78 is 0. The molecule has 0 amide bonds. The van der Waals surface area contributed by atoms with E-state index in [1.165, 1.54) is 0 Å². The fraction of sp³-hybridized carbons (Fsp3) is 1.00. The van der Waals surface area contributed by atoms with Crippen molar-refractivity contribution in [3.05, 3.63) is 0 Å². The molecule has 1 aliphatic heterocycles. The molecular weight excluding hydrogens is 124 g/mol. The summed E-state index contributed by atoms with van der Waals surface area (Å²) in [7, 11) is 0. The summed E-state index contributed by atoms with van der Waals surface area (Å²) in [5, 5.41) is 0. The molecule has 1 heterocycles. The van der Waals surface area contributed by atoms with Crippen LogP contribution in [-0.4, -0.2) is 12.1 Å². The zero-order chi connectivity index (χ0) is 6.91. The Bertz CT molecular complexity index is 91.1. The van der Waals surface area contributed by atoms with Crippen molar-refractivity contribution >= 4 is 0 Å². The Labute approximate surface area is 53.5 Å². The summed E-state index contributed by atoms with van der Waals surface area (Å²) in [6.45, 7) is 5.06. The van der Waals surface area contributed by atoms with E-state index < -0.39 is 12.1 Å². The zero-order valence-electron chi connectivity index (χ0n) is 5.71. The van der Waals surface area contributed by atoms with E-state index >= 15 is 0 Å². The smallest absolute Gasteiger partial charge is 0.199 e. The van der Waals surface area contributed by atoms with Gasteiger partial charge in [0.15, 0.2) is 0 Å². The predicted octanol–water partition coefficient (Wildman–Crippen LogP) is 0.978. The van der Waals surface area contributed by atoms with Crippen LogP contribution in [0.3, 0.4) is 0 Å². The molecule has 0 aromatic heterocycles. The van der Waals surface area contributed by atoms with Crippen LogP contribution in [0.4, 0.5) is 0 Å². The normalized spacial score (nSPS) is 28.3. The molecule has 54 valence electrons. The summed E-state index contributed by atoms with van der Waals surface area (Å²) in [6.07, 6.45) is -0.446. The highest BCUT2D eigenvalue weighted by molar-refractivity contribution is 4.47. The Morgan fingerprint density at radius 2 is 1.56 bits per heavy atom. The van der Waals surface area contributed by atoms with E-state index in [2.05, 4.69) is 9.78 Å². The summed E-state index contributed by atoms with van der Waals surface area (Å²) in [5.74, 6) is -0.785. The molecule has 0 N–H and O–H groups in total. The van der Waals surface area contributed by atoms with Crippen molar-refractivity contribution in [2.45, 2.75) is 32.8 Å². The molecule has 0 aliphatic carbocycles. The lowest BCUT2D eigenvalue weighted by Crippen LogP contribution is -2.37. The molecule has 4 heteroatoms. The first kappa shape index (κ1) is 6.95. The molecule has 0 aromatic carbocycles. The monoisotopic (exact) mass is 134 g/mol. The molecule has 0 unspecified atom stereocenters. The van der Waals surface area contributed by atoms with Crippen LogP contribution in [0.2, 0.25) is 0 Å². The van der Waals surface area contributed by atoms with Gasteiger partial charge in [-0.3, -0.25) is 0 Å². The predicted molar refractivity (Wildman–Crippen MR) is 27.9 cm³/mol. The van der Waals surface area contributed by atoms with Crippen molar-refractivity contribution in [3.63, 3.8) is 0 Å². The summed E-state index contributed by atoms with van der Waals surface area (Å²) in [5.41, 5.74) is 0. The van der Waals surface area contributed by atoms with Crippen LogP contribution in [0.25, 0.3) is 0 Å². The van der Waals surface area contributed by atoms with Crippen molar-refractivity contribution in [2.75, 3.05) is 0 Å². The van der Waals surface area contributed by atoms with Gasteiger partial charge >= 0.3 is 0 Å². The minimum absolute atomic E-state index is 0.446. The standard InChI is InChI=1S/C5H10O4/c1-4-6-8-5(2,3)9-7-4/h4H,1-3H3. The summed E-state index contributed by atoms with van der Waals surface area (Å²) >= 11 is 0. The molecule has 0 saturated carbocycles. The Kier molecular flexibility index (Phi) is 1.72. The van der Waals surface area contributed by atoms with Crippen LogP contribution < -0.4 is 0 Å². The van der Waals surface area contributed by atoms with Gasteiger partial charge in [0.25, 0.3) is 0 Å². The van der Waals surface area contributed by atoms with Crippen LogP contribution >= 0.6 is 0 Å². The van der Waals surface area contributed by atoms with E-state index in [1.54, 1.807) is 20.8 Å². The third kappa shape index (κ3) is 1.91. The van der Waals surface area contributed by atoms with E-state index in [-0.39, 0.29) is 0 Å². The Hall–Kier alpha value is -0.160. The lowest BCUT2D eigenvalue weighted by molar-refractivity contribution is -0.615. The average molecular weight is 134 g/mol. The topological polar surface area (TPSA) is 36.9 Å². The van der Waals surface area contributed by atoms with Gasteiger partial charge in [0.05, 0.1) is 0 Å². The third-order valence-corrected chi connectivity index (χ3v) is 0.769. The fourth-order valence-electron chi connectivity index (χ4n) is 0.397. The highest BCUT2D eigenvalue weighted by Gasteiger charge is 2.29. The van der Waals surface area contributed by atoms with E-state index in [0.717, 1.165) is 0 Å². The first-order chi connectivity index (χ1) is 4.10. The molecular formula is C5H10O4. The van der Waals surface area contributed by atoms with Gasteiger partial charge in [-0.2, -0.15) is 19.6 Å². The van der Waals surface area contributed by atoms with Crippen LogP contribution in [0, 0.1) is 0 Å². The maximum absolute atomic E-state index is 4.73. The second-order valence-corrected chi connectivity index (χ2v) is 2.33. The molecule has 0 bridgehead atoms. The maximum Gasteiger partial charge on any atom is 0.228 e. The first-order valence-corrected chi connectivity index (χ1v) is 2.79. The maximum atomic E-state index is 4.73. The molecule has 0 atom stereocenters. The van der Waals surface area contributed by atoms with Crippen LogP contribution in [0.1, 0.15) is 20.8 Å². The molecule has 1 fully saturated rings. The van der Waals surface area contributed by atoms with Gasteiger partial charge in [-0.25, -0.2) is 0 Å². The molecule has 1 rings (SSSR count). The quantitative estimate of drug-likeness (QED) is 0.463. The van der Waals surface area contributed by atoms with Gasteiger partial charge < -0.3 is 0 Å². The fourth-order valence-corrected chi connectivity index (χ4v) is 0.397. The average Bonchev–Trinajstić information content (AvgIpc) is 1.78. The second kappa shape index (κ2) is 2.22. The second-order valence-electron chi connectivity index (χ2n) is 2.33. The highest BCUT2D eigenvalue weighted by atomic mass is 17.4. The largest absolute Gasteiger partial charge is 0.228 e. The number of hydrogen-bond acceptors (Lipinski definition) is 4. The van der Waals surface area contributed by atoms with Crippen molar-refractivity contribution in [2.24, 2.45) is 0 Å². The Balaban J connectivity index is 2.35. The number of hydrogen-bond donors (Lipinski definition) is 0. The van der Waals surface area contributed by atoms with Gasteiger partial charge in [0.1, 0.15) is 0 Å². The van der Waals surface area contributed by atoms with E-state index in [4.69, 9.17) is 9.78 Å².